The van der Waals surface area contributed by atoms with Crippen LogP contribution in [0.4, 0.5) is 0 Å². The molecule has 0 amide bonds. The van der Waals surface area contributed by atoms with Crippen LogP contribution < -0.4 is 5.32 Å². The lowest BCUT2D eigenvalue weighted by molar-refractivity contribution is -0.110. The maximum Gasteiger partial charge on any atom is 0.335 e. The summed E-state index contributed by atoms with van der Waals surface area (Å²) < 4.78 is 0. The van der Waals surface area contributed by atoms with Crippen LogP contribution in [-0.2, 0) is 11.3 Å². The lowest BCUT2D eigenvalue weighted by Crippen LogP contribution is -2.05. The number of carbonyl (C=O) groups excluding carboxylic acids is 1. The summed E-state index contributed by atoms with van der Waals surface area (Å²) >= 11 is 0. The number of hydrogen-bond acceptors (Lipinski definition) is 3. The third kappa shape index (κ3) is 7.25. The van der Waals surface area contributed by atoms with Gasteiger partial charge < -0.3 is 15.2 Å². The predicted molar refractivity (Wildman–Crippen MR) is 67.1 cm³/mol. The molecule has 0 aliphatic rings. The number of rotatable bonds is 4. The van der Waals surface area contributed by atoms with Gasteiger partial charge in [0.15, 0.2) is 0 Å². The Morgan fingerprint density at radius 3 is 2.12 bits per heavy atom. The van der Waals surface area contributed by atoms with E-state index in [0.717, 1.165) is 18.4 Å². The third-order valence-corrected chi connectivity index (χ3v) is 1.85. The Bertz CT molecular complexity index is 344. The molecule has 0 bridgehead atoms. The van der Waals surface area contributed by atoms with E-state index in [1.807, 2.05) is 20.9 Å². The van der Waals surface area contributed by atoms with E-state index < -0.39 is 5.97 Å². The fourth-order valence-electron chi connectivity index (χ4n) is 0.969. The first-order valence-corrected chi connectivity index (χ1v) is 5.43. The molecule has 2 N–H and O–H groups in total. The highest BCUT2D eigenvalue weighted by molar-refractivity contribution is 5.87. The molecule has 94 valence electrons. The van der Waals surface area contributed by atoms with E-state index in [4.69, 9.17) is 5.11 Å². The SMILES string of the molecule is CC(C)C=O.CNCc1ccc(C(=O)O)cc1. The largest absolute Gasteiger partial charge is 0.478 e. The quantitative estimate of drug-likeness (QED) is 0.785. The zero-order valence-corrected chi connectivity index (χ0v) is 10.4. The Hall–Kier alpha value is -1.68. The summed E-state index contributed by atoms with van der Waals surface area (Å²) in [6.45, 7) is 4.47. The van der Waals surface area contributed by atoms with Crippen molar-refractivity contribution in [3.63, 3.8) is 0 Å². The van der Waals surface area contributed by atoms with Gasteiger partial charge >= 0.3 is 5.97 Å². The molecule has 0 aromatic heterocycles. The molecule has 0 radical (unpaired) electrons. The lowest BCUT2D eigenvalue weighted by atomic mass is 10.1. The van der Waals surface area contributed by atoms with Crippen LogP contribution in [-0.4, -0.2) is 24.4 Å². The summed E-state index contributed by atoms with van der Waals surface area (Å²) in [6.07, 6.45) is 0.917. The van der Waals surface area contributed by atoms with Gasteiger partial charge in [-0.15, -0.1) is 0 Å². The minimum Gasteiger partial charge on any atom is -0.478 e. The second-order valence-electron chi connectivity index (χ2n) is 3.91. The number of hydrogen-bond donors (Lipinski definition) is 2. The van der Waals surface area contributed by atoms with E-state index in [1.54, 1.807) is 24.3 Å². The Morgan fingerprint density at radius 2 is 1.82 bits per heavy atom. The van der Waals surface area contributed by atoms with Crippen LogP contribution >= 0.6 is 0 Å². The van der Waals surface area contributed by atoms with Gasteiger partial charge in [0.05, 0.1) is 5.56 Å². The van der Waals surface area contributed by atoms with Gasteiger partial charge in [0, 0.05) is 12.5 Å². The van der Waals surface area contributed by atoms with Gasteiger partial charge in [-0.05, 0) is 24.7 Å². The maximum atomic E-state index is 10.5. The second kappa shape index (κ2) is 8.47. The highest BCUT2D eigenvalue weighted by Gasteiger charge is 2.00. The predicted octanol–water partition coefficient (Wildman–Crippen LogP) is 1.95. The van der Waals surface area contributed by atoms with Gasteiger partial charge in [0.1, 0.15) is 6.29 Å². The lowest BCUT2D eigenvalue weighted by Gasteiger charge is -1.99. The molecule has 1 aromatic carbocycles. The van der Waals surface area contributed by atoms with Crippen molar-refractivity contribution in [1.82, 2.24) is 5.32 Å². The van der Waals surface area contributed by atoms with Crippen LogP contribution in [0.2, 0.25) is 0 Å². The molecule has 0 aliphatic carbocycles. The number of benzene rings is 1. The molecule has 0 heterocycles. The molecule has 0 saturated carbocycles. The summed E-state index contributed by atoms with van der Waals surface area (Å²) in [5.41, 5.74) is 1.41. The van der Waals surface area contributed by atoms with Crippen molar-refractivity contribution in [2.24, 2.45) is 5.92 Å². The van der Waals surface area contributed by atoms with E-state index in [1.165, 1.54) is 0 Å². The molecule has 0 saturated heterocycles. The van der Waals surface area contributed by atoms with E-state index >= 15 is 0 Å². The number of aldehydes is 1. The van der Waals surface area contributed by atoms with Crippen LogP contribution in [0.25, 0.3) is 0 Å². The van der Waals surface area contributed by atoms with Gasteiger partial charge in [-0.3, -0.25) is 0 Å². The van der Waals surface area contributed by atoms with Crippen LogP contribution in [0.15, 0.2) is 24.3 Å². The molecule has 0 fully saturated rings. The molecular weight excluding hydrogens is 218 g/mol. The van der Waals surface area contributed by atoms with Crippen LogP contribution in [0, 0.1) is 5.92 Å². The zero-order valence-electron chi connectivity index (χ0n) is 10.4. The highest BCUT2D eigenvalue weighted by Crippen LogP contribution is 2.03. The standard InChI is InChI=1S/C9H11NO2.C4H8O/c1-10-6-7-2-4-8(5-3-7)9(11)12;1-4(2)3-5/h2-5,10H,6H2,1H3,(H,11,12);3-4H,1-2H3. The van der Waals surface area contributed by atoms with Gasteiger partial charge in [-0.1, -0.05) is 26.0 Å². The van der Waals surface area contributed by atoms with E-state index in [0.29, 0.717) is 5.56 Å². The fraction of sp³-hybridized carbons (Fsp3) is 0.385. The Kier molecular flexibility index (Phi) is 7.63. The van der Waals surface area contributed by atoms with Crippen molar-refractivity contribution in [1.29, 1.82) is 0 Å². The molecule has 1 aromatic rings. The first-order chi connectivity index (χ1) is 8.01. The molecule has 17 heavy (non-hydrogen) atoms. The van der Waals surface area contributed by atoms with Crippen molar-refractivity contribution in [3.8, 4) is 0 Å². The van der Waals surface area contributed by atoms with E-state index in [-0.39, 0.29) is 5.92 Å². The van der Waals surface area contributed by atoms with Crippen molar-refractivity contribution >= 4 is 12.3 Å². The van der Waals surface area contributed by atoms with Gasteiger partial charge in [0.2, 0.25) is 0 Å². The molecule has 0 unspecified atom stereocenters. The van der Waals surface area contributed by atoms with Gasteiger partial charge in [-0.25, -0.2) is 4.79 Å². The maximum absolute atomic E-state index is 10.5. The van der Waals surface area contributed by atoms with Crippen LogP contribution in [0.3, 0.4) is 0 Å². The normalized spacial score (nSPS) is 9.41. The smallest absolute Gasteiger partial charge is 0.335 e. The average molecular weight is 237 g/mol. The number of nitrogens with one attached hydrogen (secondary N) is 1. The molecule has 0 spiro atoms. The Balaban J connectivity index is 0.000000437. The van der Waals surface area contributed by atoms with Crippen LogP contribution in [0.5, 0.6) is 0 Å². The molecule has 4 heteroatoms. The molecular formula is C13H19NO3. The second-order valence-corrected chi connectivity index (χ2v) is 3.91. The highest BCUT2D eigenvalue weighted by atomic mass is 16.4. The first kappa shape index (κ1) is 15.3. The number of carbonyl (C=O) groups is 2. The van der Waals surface area contributed by atoms with Crippen LogP contribution in [0.1, 0.15) is 29.8 Å². The van der Waals surface area contributed by atoms with Crippen molar-refractivity contribution < 1.29 is 14.7 Å². The average Bonchev–Trinajstić information content (AvgIpc) is 2.31. The molecule has 1 rings (SSSR count). The summed E-state index contributed by atoms with van der Waals surface area (Å²) in [7, 11) is 1.85. The van der Waals surface area contributed by atoms with Gasteiger partial charge in [-0.2, -0.15) is 0 Å². The first-order valence-electron chi connectivity index (χ1n) is 5.43. The number of carboxylic acids is 1. The third-order valence-electron chi connectivity index (χ3n) is 1.85. The zero-order chi connectivity index (χ0) is 13.3. The van der Waals surface area contributed by atoms with E-state index in [9.17, 15) is 9.59 Å². The number of carboxylic acid groups (broad SMARTS) is 1. The minimum atomic E-state index is -0.883. The molecule has 4 nitrogen and oxygen atoms in total. The summed E-state index contributed by atoms with van der Waals surface area (Å²) in [4.78, 5) is 20.0. The summed E-state index contributed by atoms with van der Waals surface area (Å²) in [6, 6.07) is 6.82. The van der Waals surface area contributed by atoms with Crippen molar-refractivity contribution in [2.75, 3.05) is 7.05 Å². The minimum absolute atomic E-state index is 0.204. The molecule has 0 aliphatic heterocycles. The molecule has 0 atom stereocenters. The summed E-state index contributed by atoms with van der Waals surface area (Å²) in [5, 5.41) is 11.6. The fourth-order valence-corrected chi connectivity index (χ4v) is 0.969. The van der Waals surface area contributed by atoms with Crippen molar-refractivity contribution in [2.45, 2.75) is 20.4 Å². The monoisotopic (exact) mass is 237 g/mol. The van der Waals surface area contributed by atoms with Gasteiger partial charge in [0.25, 0.3) is 0 Å². The van der Waals surface area contributed by atoms with Crippen molar-refractivity contribution in [3.05, 3.63) is 35.4 Å². The van der Waals surface area contributed by atoms with E-state index in [2.05, 4.69) is 5.32 Å². The topological polar surface area (TPSA) is 66.4 Å². The number of aromatic carboxylic acids is 1. The Labute approximate surface area is 102 Å². The summed E-state index contributed by atoms with van der Waals surface area (Å²) in [5.74, 6) is -0.680. The Morgan fingerprint density at radius 1 is 1.35 bits per heavy atom.